The predicted molar refractivity (Wildman–Crippen MR) is 67.1 cm³/mol. The lowest BCUT2D eigenvalue weighted by atomic mass is 9.68. The molecule has 0 saturated heterocycles. The maximum absolute atomic E-state index is 12.1. The zero-order valence-corrected chi connectivity index (χ0v) is 10.7. The van der Waals surface area contributed by atoms with Crippen LogP contribution in [0.2, 0.25) is 0 Å². The van der Waals surface area contributed by atoms with E-state index in [2.05, 4.69) is 10.1 Å². The summed E-state index contributed by atoms with van der Waals surface area (Å²) in [7, 11) is 0. The molecule has 0 unspecified atom stereocenters. The standard InChI is InChI=1S/C13H15F3N2O2/c14-13(15,16)20-10-4-2-9(3-5-10)18-11(19)12(8-17)6-1-7-12/h2-5H,1,6-8,17H2,(H,18,19). The van der Waals surface area contributed by atoms with Gasteiger partial charge in [0.15, 0.2) is 0 Å². The number of nitrogens with one attached hydrogen (secondary N) is 1. The van der Waals surface area contributed by atoms with Crippen LogP contribution in [0.25, 0.3) is 0 Å². The van der Waals surface area contributed by atoms with Crippen LogP contribution in [0.15, 0.2) is 24.3 Å². The monoisotopic (exact) mass is 288 g/mol. The van der Waals surface area contributed by atoms with Crippen molar-refractivity contribution in [2.45, 2.75) is 25.6 Å². The van der Waals surface area contributed by atoms with E-state index >= 15 is 0 Å². The van der Waals surface area contributed by atoms with Gasteiger partial charge in [-0.15, -0.1) is 13.2 Å². The Morgan fingerprint density at radius 3 is 2.30 bits per heavy atom. The summed E-state index contributed by atoms with van der Waals surface area (Å²) in [6.45, 7) is 0.272. The smallest absolute Gasteiger partial charge is 0.406 e. The van der Waals surface area contributed by atoms with Gasteiger partial charge < -0.3 is 15.8 Å². The highest BCUT2D eigenvalue weighted by molar-refractivity contribution is 5.96. The van der Waals surface area contributed by atoms with Gasteiger partial charge in [-0.05, 0) is 37.1 Å². The summed E-state index contributed by atoms with van der Waals surface area (Å²) < 4.78 is 39.8. The summed E-state index contributed by atoms with van der Waals surface area (Å²) in [6.07, 6.45) is -2.28. The van der Waals surface area contributed by atoms with E-state index in [1.165, 1.54) is 12.1 Å². The Hall–Kier alpha value is -1.76. The molecule has 0 atom stereocenters. The van der Waals surface area contributed by atoms with Crippen molar-refractivity contribution in [2.24, 2.45) is 11.1 Å². The number of anilines is 1. The summed E-state index contributed by atoms with van der Waals surface area (Å²) in [4.78, 5) is 12.1. The molecular weight excluding hydrogens is 273 g/mol. The third-order valence-electron chi connectivity index (χ3n) is 3.53. The zero-order valence-electron chi connectivity index (χ0n) is 10.7. The van der Waals surface area contributed by atoms with E-state index in [0.29, 0.717) is 5.69 Å². The van der Waals surface area contributed by atoms with Crippen LogP contribution in [0.3, 0.4) is 0 Å². The molecule has 1 aliphatic rings. The summed E-state index contributed by atoms with van der Waals surface area (Å²) in [5.74, 6) is -0.511. The van der Waals surface area contributed by atoms with Gasteiger partial charge in [-0.25, -0.2) is 0 Å². The van der Waals surface area contributed by atoms with Crippen molar-refractivity contribution in [1.82, 2.24) is 0 Å². The van der Waals surface area contributed by atoms with E-state index in [1.54, 1.807) is 0 Å². The third-order valence-corrected chi connectivity index (χ3v) is 3.53. The quantitative estimate of drug-likeness (QED) is 0.895. The number of ether oxygens (including phenoxy) is 1. The molecule has 1 amide bonds. The van der Waals surface area contributed by atoms with Gasteiger partial charge in [-0.1, -0.05) is 6.42 Å². The molecule has 4 nitrogen and oxygen atoms in total. The molecular formula is C13H15F3N2O2. The highest BCUT2D eigenvalue weighted by Crippen LogP contribution is 2.40. The molecule has 0 heterocycles. The summed E-state index contributed by atoms with van der Waals surface area (Å²) in [5.41, 5.74) is 5.50. The molecule has 1 aromatic carbocycles. The second-order valence-electron chi connectivity index (χ2n) is 4.86. The summed E-state index contributed by atoms with van der Waals surface area (Å²) >= 11 is 0. The molecule has 0 aliphatic heterocycles. The van der Waals surface area contributed by atoms with Gasteiger partial charge in [0.1, 0.15) is 5.75 Å². The molecule has 20 heavy (non-hydrogen) atoms. The molecule has 0 bridgehead atoms. The minimum Gasteiger partial charge on any atom is -0.406 e. The van der Waals surface area contributed by atoms with Crippen LogP contribution >= 0.6 is 0 Å². The Balaban J connectivity index is 1.99. The van der Waals surface area contributed by atoms with Crippen molar-refractivity contribution in [3.63, 3.8) is 0 Å². The molecule has 2 rings (SSSR count). The van der Waals surface area contributed by atoms with Crippen LogP contribution in [-0.2, 0) is 4.79 Å². The molecule has 1 fully saturated rings. The molecule has 7 heteroatoms. The van der Waals surface area contributed by atoms with E-state index in [0.717, 1.165) is 31.4 Å². The fourth-order valence-corrected chi connectivity index (χ4v) is 2.13. The minimum atomic E-state index is -4.72. The summed E-state index contributed by atoms with van der Waals surface area (Å²) in [6, 6.07) is 5.03. The lowest BCUT2D eigenvalue weighted by Crippen LogP contribution is -2.47. The number of amides is 1. The van der Waals surface area contributed by atoms with Crippen LogP contribution in [0.4, 0.5) is 18.9 Å². The number of rotatable bonds is 4. The number of hydrogen-bond acceptors (Lipinski definition) is 3. The SMILES string of the molecule is NCC1(C(=O)Nc2ccc(OC(F)(F)F)cc2)CCC1. The average molecular weight is 288 g/mol. The molecule has 110 valence electrons. The Morgan fingerprint density at radius 1 is 1.30 bits per heavy atom. The predicted octanol–water partition coefficient (Wildman–Crippen LogP) is 2.65. The maximum atomic E-state index is 12.1. The van der Waals surface area contributed by atoms with E-state index in [-0.39, 0.29) is 18.2 Å². The minimum absolute atomic E-state index is 0.185. The Labute approximate surface area is 114 Å². The van der Waals surface area contributed by atoms with Crippen molar-refractivity contribution in [1.29, 1.82) is 0 Å². The third kappa shape index (κ3) is 3.22. The molecule has 0 spiro atoms. The number of hydrogen-bond donors (Lipinski definition) is 2. The van der Waals surface area contributed by atoms with E-state index < -0.39 is 11.8 Å². The topological polar surface area (TPSA) is 64.4 Å². The lowest BCUT2D eigenvalue weighted by molar-refractivity contribution is -0.274. The van der Waals surface area contributed by atoms with Gasteiger partial charge in [-0.2, -0.15) is 0 Å². The fourth-order valence-electron chi connectivity index (χ4n) is 2.13. The molecule has 1 saturated carbocycles. The van der Waals surface area contributed by atoms with Crippen molar-refractivity contribution < 1.29 is 22.7 Å². The molecule has 0 aromatic heterocycles. The van der Waals surface area contributed by atoms with Gasteiger partial charge in [0.05, 0.1) is 5.41 Å². The van der Waals surface area contributed by atoms with Crippen LogP contribution in [0.5, 0.6) is 5.75 Å². The van der Waals surface area contributed by atoms with E-state index in [1.807, 2.05) is 0 Å². The maximum Gasteiger partial charge on any atom is 0.573 e. The number of carbonyl (C=O) groups excluding carboxylic acids is 1. The number of carbonyl (C=O) groups is 1. The zero-order chi connectivity index (χ0) is 14.8. The first-order chi connectivity index (χ1) is 9.35. The van der Waals surface area contributed by atoms with Crippen molar-refractivity contribution in [2.75, 3.05) is 11.9 Å². The van der Waals surface area contributed by atoms with Crippen LogP contribution in [-0.4, -0.2) is 18.8 Å². The highest BCUT2D eigenvalue weighted by Gasteiger charge is 2.42. The van der Waals surface area contributed by atoms with Gasteiger partial charge in [0.2, 0.25) is 5.91 Å². The largest absolute Gasteiger partial charge is 0.573 e. The van der Waals surface area contributed by atoms with Gasteiger partial charge in [0.25, 0.3) is 0 Å². The second-order valence-corrected chi connectivity index (χ2v) is 4.86. The Morgan fingerprint density at radius 2 is 1.90 bits per heavy atom. The van der Waals surface area contributed by atoms with Crippen LogP contribution < -0.4 is 15.8 Å². The van der Waals surface area contributed by atoms with Crippen molar-refractivity contribution in [3.8, 4) is 5.75 Å². The molecule has 3 N–H and O–H groups in total. The summed E-state index contributed by atoms with van der Waals surface area (Å²) in [5, 5.41) is 2.67. The van der Waals surface area contributed by atoms with E-state index in [4.69, 9.17) is 5.73 Å². The second kappa shape index (κ2) is 5.32. The van der Waals surface area contributed by atoms with Gasteiger partial charge in [-0.3, -0.25) is 4.79 Å². The Kier molecular flexibility index (Phi) is 3.89. The molecule has 1 aliphatic carbocycles. The molecule has 0 radical (unpaired) electrons. The Bertz CT molecular complexity index is 476. The van der Waals surface area contributed by atoms with Crippen LogP contribution in [0.1, 0.15) is 19.3 Å². The number of halogens is 3. The highest BCUT2D eigenvalue weighted by atomic mass is 19.4. The number of nitrogens with two attached hydrogens (primary N) is 1. The van der Waals surface area contributed by atoms with Crippen LogP contribution in [0, 0.1) is 5.41 Å². The first-order valence-electron chi connectivity index (χ1n) is 6.22. The molecule has 1 aromatic rings. The van der Waals surface area contributed by atoms with Crippen molar-refractivity contribution >= 4 is 11.6 Å². The fraction of sp³-hybridized carbons (Fsp3) is 0.462. The van der Waals surface area contributed by atoms with Crippen molar-refractivity contribution in [3.05, 3.63) is 24.3 Å². The van der Waals surface area contributed by atoms with Gasteiger partial charge >= 0.3 is 6.36 Å². The number of benzene rings is 1. The lowest BCUT2D eigenvalue weighted by Gasteiger charge is -2.39. The normalized spacial score (nSPS) is 17.2. The average Bonchev–Trinajstić information content (AvgIpc) is 2.29. The first-order valence-corrected chi connectivity index (χ1v) is 6.22. The number of alkyl halides is 3. The van der Waals surface area contributed by atoms with Gasteiger partial charge in [0, 0.05) is 12.2 Å². The van der Waals surface area contributed by atoms with E-state index in [9.17, 15) is 18.0 Å². The first kappa shape index (κ1) is 14.6.